The van der Waals surface area contributed by atoms with Gasteiger partial charge in [0.2, 0.25) is 0 Å². The van der Waals surface area contributed by atoms with Crippen molar-refractivity contribution in [1.29, 1.82) is 5.26 Å². The number of aromatic hydroxyl groups is 1. The second-order valence-corrected chi connectivity index (χ2v) is 3.28. The van der Waals surface area contributed by atoms with Gasteiger partial charge in [0.1, 0.15) is 28.9 Å². The molecule has 0 aliphatic carbocycles. The first-order valence-corrected chi connectivity index (χ1v) is 4.82. The molecule has 0 spiro atoms. The van der Waals surface area contributed by atoms with Crippen molar-refractivity contribution in [1.82, 2.24) is 4.98 Å². The molecule has 2 rings (SSSR count). The van der Waals surface area contributed by atoms with Crippen LogP contribution in [0.25, 0.3) is 0 Å². The molecule has 1 aromatic heterocycles. The van der Waals surface area contributed by atoms with Gasteiger partial charge in [-0.15, -0.1) is 0 Å². The van der Waals surface area contributed by atoms with Crippen LogP contribution in [-0.2, 0) is 0 Å². The molecule has 17 heavy (non-hydrogen) atoms. The van der Waals surface area contributed by atoms with Crippen molar-refractivity contribution >= 4 is 5.69 Å². The summed E-state index contributed by atoms with van der Waals surface area (Å²) in [5.41, 5.74) is 6.11. The van der Waals surface area contributed by atoms with Crippen LogP contribution in [0.1, 0.15) is 5.69 Å². The van der Waals surface area contributed by atoms with Crippen LogP contribution < -0.4 is 10.5 Å². The first-order chi connectivity index (χ1) is 8.20. The summed E-state index contributed by atoms with van der Waals surface area (Å²) in [5, 5.41) is 18.0. The van der Waals surface area contributed by atoms with Crippen molar-refractivity contribution in [3.63, 3.8) is 0 Å². The van der Waals surface area contributed by atoms with E-state index >= 15 is 0 Å². The minimum atomic E-state index is -0.0379. The number of rotatable bonds is 2. The van der Waals surface area contributed by atoms with Gasteiger partial charge in [-0.05, 0) is 24.3 Å². The first kappa shape index (κ1) is 10.8. The van der Waals surface area contributed by atoms with Crippen LogP contribution in [-0.4, -0.2) is 10.1 Å². The molecule has 1 heterocycles. The molecule has 5 nitrogen and oxygen atoms in total. The van der Waals surface area contributed by atoms with Crippen LogP contribution in [0.4, 0.5) is 5.69 Å². The number of ether oxygens (including phenoxy) is 1. The van der Waals surface area contributed by atoms with Crippen molar-refractivity contribution in [2.24, 2.45) is 0 Å². The zero-order valence-electron chi connectivity index (χ0n) is 8.79. The molecule has 0 bridgehead atoms. The number of para-hydroxylation sites is 1. The summed E-state index contributed by atoms with van der Waals surface area (Å²) >= 11 is 0. The van der Waals surface area contributed by atoms with E-state index in [1.54, 1.807) is 18.2 Å². The average molecular weight is 227 g/mol. The maximum absolute atomic E-state index is 9.40. The number of nitriles is 1. The number of phenolic OH excluding ortho intramolecular Hbond substituents is 1. The Morgan fingerprint density at radius 2 is 2.12 bits per heavy atom. The van der Waals surface area contributed by atoms with Crippen molar-refractivity contribution in [2.75, 3.05) is 5.73 Å². The summed E-state index contributed by atoms with van der Waals surface area (Å²) in [6.07, 6.45) is 1.42. The van der Waals surface area contributed by atoms with Gasteiger partial charge < -0.3 is 15.6 Å². The second-order valence-electron chi connectivity index (χ2n) is 3.28. The van der Waals surface area contributed by atoms with Gasteiger partial charge in [-0.2, -0.15) is 5.26 Å². The number of aromatic nitrogens is 1. The largest absolute Gasteiger partial charge is 0.506 e. The van der Waals surface area contributed by atoms with Gasteiger partial charge >= 0.3 is 0 Å². The smallest absolute Gasteiger partial charge is 0.154 e. The van der Waals surface area contributed by atoms with Crippen LogP contribution in [0.5, 0.6) is 17.2 Å². The predicted molar refractivity (Wildman–Crippen MR) is 61.5 cm³/mol. The average Bonchev–Trinajstić information content (AvgIpc) is 2.36. The van der Waals surface area contributed by atoms with E-state index in [0.717, 1.165) is 0 Å². The number of hydrogen-bond donors (Lipinski definition) is 2. The fraction of sp³-hybridized carbons (Fsp3) is 0. The Balaban J connectivity index is 2.26. The number of anilines is 1. The Morgan fingerprint density at radius 1 is 1.29 bits per heavy atom. The highest BCUT2D eigenvalue weighted by atomic mass is 16.5. The van der Waals surface area contributed by atoms with E-state index in [4.69, 9.17) is 15.7 Å². The van der Waals surface area contributed by atoms with E-state index in [2.05, 4.69) is 4.98 Å². The zero-order chi connectivity index (χ0) is 12.3. The molecular formula is C12H9N3O2. The maximum Gasteiger partial charge on any atom is 0.154 e. The Bertz CT molecular complexity index is 573. The van der Waals surface area contributed by atoms with Gasteiger partial charge in [0, 0.05) is 0 Å². The summed E-state index contributed by atoms with van der Waals surface area (Å²) in [4.78, 5) is 3.86. The summed E-state index contributed by atoms with van der Waals surface area (Å²) < 4.78 is 5.43. The third-order valence-corrected chi connectivity index (χ3v) is 2.12. The molecule has 0 aliphatic heterocycles. The third-order valence-electron chi connectivity index (χ3n) is 2.12. The van der Waals surface area contributed by atoms with Gasteiger partial charge in [0.15, 0.2) is 5.75 Å². The van der Waals surface area contributed by atoms with Crippen molar-refractivity contribution in [3.8, 4) is 23.3 Å². The molecule has 0 aliphatic rings. The number of benzene rings is 1. The molecule has 3 N–H and O–H groups in total. The number of phenols is 1. The SMILES string of the molecule is N#Cc1ccc(Oc2cccc(O)c2N)cn1. The molecular weight excluding hydrogens is 218 g/mol. The van der Waals surface area contributed by atoms with Gasteiger partial charge in [0.25, 0.3) is 0 Å². The quantitative estimate of drug-likeness (QED) is 0.605. The first-order valence-electron chi connectivity index (χ1n) is 4.82. The van der Waals surface area contributed by atoms with Crippen LogP contribution in [0.2, 0.25) is 0 Å². The normalized spacial score (nSPS) is 9.59. The topological polar surface area (TPSA) is 92.2 Å². The van der Waals surface area contributed by atoms with Crippen molar-refractivity contribution < 1.29 is 9.84 Å². The lowest BCUT2D eigenvalue weighted by Gasteiger charge is -2.08. The van der Waals surface area contributed by atoms with Crippen LogP contribution in [0, 0.1) is 11.3 Å². The van der Waals surface area contributed by atoms with Crippen LogP contribution in [0.15, 0.2) is 36.5 Å². The minimum Gasteiger partial charge on any atom is -0.506 e. The van der Waals surface area contributed by atoms with Gasteiger partial charge in [-0.3, -0.25) is 0 Å². The Hall–Kier alpha value is -2.74. The molecule has 0 unspecified atom stereocenters. The molecule has 0 saturated carbocycles. The summed E-state index contributed by atoms with van der Waals surface area (Å²) in [7, 11) is 0. The Labute approximate surface area is 97.7 Å². The minimum absolute atomic E-state index is 0.0379. The van der Waals surface area contributed by atoms with Crippen LogP contribution in [0.3, 0.4) is 0 Å². The summed E-state index contributed by atoms with van der Waals surface area (Å²) in [6, 6.07) is 9.78. The highest BCUT2D eigenvalue weighted by Gasteiger charge is 2.06. The van der Waals surface area contributed by atoms with Gasteiger partial charge in [0.05, 0.1) is 6.20 Å². The monoisotopic (exact) mass is 227 g/mol. The molecule has 0 radical (unpaired) electrons. The lowest BCUT2D eigenvalue weighted by molar-refractivity contribution is 0.459. The van der Waals surface area contributed by atoms with Gasteiger partial charge in [-0.25, -0.2) is 4.98 Å². The Morgan fingerprint density at radius 3 is 2.76 bits per heavy atom. The molecule has 2 aromatic rings. The number of nitrogens with zero attached hydrogens (tertiary/aromatic N) is 2. The molecule has 0 saturated heterocycles. The second kappa shape index (κ2) is 4.41. The highest BCUT2D eigenvalue weighted by Crippen LogP contribution is 2.33. The highest BCUT2D eigenvalue weighted by molar-refractivity contribution is 5.62. The number of pyridine rings is 1. The maximum atomic E-state index is 9.40. The molecule has 0 amide bonds. The third kappa shape index (κ3) is 2.26. The lowest BCUT2D eigenvalue weighted by atomic mass is 10.3. The van der Waals surface area contributed by atoms with E-state index < -0.39 is 0 Å². The Kier molecular flexibility index (Phi) is 2.79. The van der Waals surface area contributed by atoms with E-state index in [-0.39, 0.29) is 11.4 Å². The van der Waals surface area contributed by atoms with Gasteiger partial charge in [-0.1, -0.05) is 6.07 Å². The number of nitrogens with two attached hydrogens (primary N) is 1. The fourth-order valence-corrected chi connectivity index (χ4v) is 1.26. The summed E-state index contributed by atoms with van der Waals surface area (Å²) in [5.74, 6) is 0.752. The van der Waals surface area contributed by atoms with Crippen molar-refractivity contribution in [3.05, 3.63) is 42.2 Å². The van der Waals surface area contributed by atoms with E-state index in [9.17, 15) is 5.11 Å². The zero-order valence-corrected chi connectivity index (χ0v) is 8.79. The molecule has 84 valence electrons. The molecule has 1 aromatic carbocycles. The molecule has 0 fully saturated rings. The van der Waals surface area contributed by atoms with E-state index in [1.807, 2.05) is 6.07 Å². The molecule has 0 atom stereocenters. The van der Waals surface area contributed by atoms with E-state index in [0.29, 0.717) is 17.2 Å². The number of hydrogen-bond acceptors (Lipinski definition) is 5. The number of nitrogen functional groups attached to an aromatic ring is 1. The van der Waals surface area contributed by atoms with E-state index in [1.165, 1.54) is 18.3 Å². The van der Waals surface area contributed by atoms with Crippen LogP contribution >= 0.6 is 0 Å². The van der Waals surface area contributed by atoms with Crippen molar-refractivity contribution in [2.45, 2.75) is 0 Å². The standard InChI is InChI=1S/C12H9N3O2/c13-6-8-4-5-9(7-15-8)17-11-3-1-2-10(16)12(11)14/h1-5,7,16H,14H2. The fourth-order valence-electron chi connectivity index (χ4n) is 1.26. The summed E-state index contributed by atoms with van der Waals surface area (Å²) in [6.45, 7) is 0. The lowest BCUT2D eigenvalue weighted by Crippen LogP contribution is -1.93. The predicted octanol–water partition coefficient (Wildman–Crippen LogP) is 2.03. The molecule has 5 heteroatoms.